The summed E-state index contributed by atoms with van der Waals surface area (Å²) >= 11 is 1.79. The van der Waals surface area contributed by atoms with Crippen molar-refractivity contribution >= 4 is 32.2 Å². The van der Waals surface area contributed by atoms with Crippen LogP contribution in [0.15, 0.2) is 28.4 Å². The highest BCUT2D eigenvalue weighted by Crippen LogP contribution is 2.38. The molecule has 184 valence electrons. The van der Waals surface area contributed by atoms with Gasteiger partial charge in [0, 0.05) is 18.6 Å². The summed E-state index contributed by atoms with van der Waals surface area (Å²) in [4.78, 5) is 13.4. The Labute approximate surface area is 203 Å². The van der Waals surface area contributed by atoms with Gasteiger partial charge in [-0.25, -0.2) is 5.01 Å². The molecule has 0 bridgehead atoms. The van der Waals surface area contributed by atoms with Crippen LogP contribution in [-0.4, -0.2) is 48.6 Å². The SMILES string of the molecule is C/C(=C\C=C(/C)C(C)(C)C)CSC1C=NN(C(C)(C)C)C(=O)C1CO[Si](C)(C)C(C)(C)C. The lowest BCUT2D eigenvalue weighted by atomic mass is 9.87. The molecule has 6 heteroatoms. The zero-order valence-corrected chi connectivity index (χ0v) is 24.7. The number of rotatable bonds is 7. The van der Waals surface area contributed by atoms with E-state index in [2.05, 4.69) is 85.7 Å². The Morgan fingerprint density at radius 3 is 2.12 bits per heavy atom. The Bertz CT molecular complexity index is 749. The van der Waals surface area contributed by atoms with E-state index in [4.69, 9.17) is 4.43 Å². The summed E-state index contributed by atoms with van der Waals surface area (Å²) in [6, 6.07) is 0. The van der Waals surface area contributed by atoms with Crippen LogP contribution >= 0.6 is 11.8 Å². The second-order valence-corrected chi connectivity index (χ2v) is 18.6. The van der Waals surface area contributed by atoms with E-state index in [9.17, 15) is 4.79 Å². The quantitative estimate of drug-likeness (QED) is 0.284. The summed E-state index contributed by atoms with van der Waals surface area (Å²) in [6.07, 6.45) is 6.38. The Balaban J connectivity index is 3.04. The van der Waals surface area contributed by atoms with Crippen molar-refractivity contribution in [2.75, 3.05) is 12.4 Å². The number of hydrazone groups is 1. The maximum atomic E-state index is 13.4. The average molecular weight is 481 g/mol. The molecule has 32 heavy (non-hydrogen) atoms. The lowest BCUT2D eigenvalue weighted by Gasteiger charge is -2.41. The van der Waals surface area contributed by atoms with Crippen LogP contribution in [0.1, 0.15) is 76.2 Å². The minimum atomic E-state index is -1.95. The van der Waals surface area contributed by atoms with Gasteiger partial charge in [-0.1, -0.05) is 64.8 Å². The van der Waals surface area contributed by atoms with Gasteiger partial charge in [-0.15, -0.1) is 11.8 Å². The van der Waals surface area contributed by atoms with Crippen molar-refractivity contribution in [1.82, 2.24) is 5.01 Å². The van der Waals surface area contributed by atoms with Gasteiger partial charge in [0.15, 0.2) is 8.32 Å². The molecule has 0 aliphatic carbocycles. The van der Waals surface area contributed by atoms with Gasteiger partial charge in [0.2, 0.25) is 5.91 Å². The zero-order valence-electron chi connectivity index (χ0n) is 22.9. The normalized spacial score (nSPS) is 22.0. The van der Waals surface area contributed by atoms with E-state index < -0.39 is 8.32 Å². The first-order valence-electron chi connectivity index (χ1n) is 11.8. The van der Waals surface area contributed by atoms with E-state index in [0.717, 1.165) is 5.75 Å². The smallest absolute Gasteiger partial charge is 0.250 e. The average Bonchev–Trinajstić information content (AvgIpc) is 2.60. The second kappa shape index (κ2) is 10.6. The lowest BCUT2D eigenvalue weighted by Crippen LogP contribution is -2.53. The molecule has 1 aliphatic heterocycles. The number of nitrogens with zero attached hydrogens (tertiary/aromatic N) is 2. The Morgan fingerprint density at radius 2 is 1.66 bits per heavy atom. The van der Waals surface area contributed by atoms with Gasteiger partial charge >= 0.3 is 0 Å². The molecule has 0 aromatic carbocycles. The third kappa shape index (κ3) is 8.18. The fraction of sp³-hybridized carbons (Fsp3) is 0.769. The molecule has 0 saturated carbocycles. The first kappa shape index (κ1) is 29.2. The van der Waals surface area contributed by atoms with Crippen LogP contribution in [0.4, 0.5) is 0 Å². The third-order valence-electron chi connectivity index (χ3n) is 6.62. The molecule has 0 saturated heterocycles. The molecule has 1 rings (SSSR count). The molecule has 0 N–H and O–H groups in total. The first-order chi connectivity index (χ1) is 14.3. The van der Waals surface area contributed by atoms with Crippen LogP contribution in [-0.2, 0) is 9.22 Å². The van der Waals surface area contributed by atoms with Gasteiger partial charge < -0.3 is 4.43 Å². The number of carbonyl (C=O) groups is 1. The Morgan fingerprint density at radius 1 is 1.09 bits per heavy atom. The van der Waals surface area contributed by atoms with Gasteiger partial charge in [-0.05, 0) is 58.2 Å². The van der Waals surface area contributed by atoms with Crippen LogP contribution < -0.4 is 0 Å². The predicted octanol–water partition coefficient (Wildman–Crippen LogP) is 7.29. The monoisotopic (exact) mass is 480 g/mol. The van der Waals surface area contributed by atoms with Crippen molar-refractivity contribution in [1.29, 1.82) is 0 Å². The number of hydrogen-bond donors (Lipinski definition) is 0. The third-order valence-corrected chi connectivity index (χ3v) is 12.6. The summed E-state index contributed by atoms with van der Waals surface area (Å²) in [7, 11) is -1.95. The van der Waals surface area contributed by atoms with Gasteiger partial charge in [-0.3, -0.25) is 4.79 Å². The van der Waals surface area contributed by atoms with E-state index in [1.807, 2.05) is 27.0 Å². The molecule has 1 heterocycles. The van der Waals surface area contributed by atoms with E-state index >= 15 is 0 Å². The number of carbonyl (C=O) groups excluding carboxylic acids is 1. The molecule has 0 aromatic heterocycles. The maximum absolute atomic E-state index is 13.4. The van der Waals surface area contributed by atoms with Gasteiger partial charge in [0.25, 0.3) is 0 Å². The molecule has 0 fully saturated rings. The summed E-state index contributed by atoms with van der Waals surface area (Å²) in [5.74, 6) is 0.719. The van der Waals surface area contributed by atoms with Crippen molar-refractivity contribution in [3.63, 3.8) is 0 Å². The lowest BCUT2D eigenvalue weighted by molar-refractivity contribution is -0.142. The van der Waals surface area contributed by atoms with Crippen molar-refractivity contribution in [2.24, 2.45) is 16.4 Å². The van der Waals surface area contributed by atoms with Crippen molar-refractivity contribution in [3.05, 3.63) is 23.3 Å². The second-order valence-electron chi connectivity index (χ2n) is 12.7. The molecule has 2 unspecified atom stereocenters. The van der Waals surface area contributed by atoms with Gasteiger partial charge in [0.05, 0.1) is 16.7 Å². The fourth-order valence-corrected chi connectivity index (χ4v) is 4.88. The number of allylic oxidation sites excluding steroid dienone is 3. The van der Waals surface area contributed by atoms with Crippen LogP contribution in [0, 0.1) is 11.3 Å². The van der Waals surface area contributed by atoms with Crippen LogP contribution in [0.5, 0.6) is 0 Å². The molecular formula is C26H48N2O2SSi. The number of hydrogen-bond acceptors (Lipinski definition) is 4. The summed E-state index contributed by atoms with van der Waals surface area (Å²) in [5, 5.41) is 6.32. The highest BCUT2D eigenvalue weighted by Gasteiger charge is 2.43. The molecule has 1 amide bonds. The molecule has 2 atom stereocenters. The first-order valence-corrected chi connectivity index (χ1v) is 15.7. The van der Waals surface area contributed by atoms with Crippen LogP contribution in [0.2, 0.25) is 18.1 Å². The largest absolute Gasteiger partial charge is 0.416 e. The number of thioether (sulfide) groups is 1. The fourth-order valence-electron chi connectivity index (χ4n) is 2.73. The molecule has 4 nitrogen and oxygen atoms in total. The minimum Gasteiger partial charge on any atom is -0.416 e. The maximum Gasteiger partial charge on any atom is 0.250 e. The van der Waals surface area contributed by atoms with Crippen LogP contribution in [0.25, 0.3) is 0 Å². The molecule has 1 aliphatic rings. The van der Waals surface area contributed by atoms with Gasteiger partial charge in [-0.2, -0.15) is 5.10 Å². The van der Waals surface area contributed by atoms with E-state index in [1.54, 1.807) is 16.8 Å². The molecule has 0 aromatic rings. The van der Waals surface area contributed by atoms with E-state index in [-0.39, 0.29) is 33.1 Å². The Kier molecular flexibility index (Phi) is 9.67. The summed E-state index contributed by atoms with van der Waals surface area (Å²) in [5.41, 5.74) is 2.48. The van der Waals surface area contributed by atoms with E-state index in [1.165, 1.54) is 11.1 Å². The van der Waals surface area contributed by atoms with Crippen molar-refractivity contribution in [3.8, 4) is 0 Å². The van der Waals surface area contributed by atoms with Crippen molar-refractivity contribution < 1.29 is 9.22 Å². The summed E-state index contributed by atoms with van der Waals surface area (Å²) in [6.45, 7) is 28.8. The molecule has 0 radical (unpaired) electrons. The predicted molar refractivity (Wildman–Crippen MR) is 145 cm³/mol. The standard InChI is InChI=1S/C26H48N2O2SSi/c1-19(14-15-20(2)24(3,4)5)18-31-22-16-27-28(25(6,7)8)23(29)21(22)17-30-32(12,13)26(9,10)11/h14-16,21-22H,17-18H2,1-13H3/b19-14+,20-15+. The minimum absolute atomic E-state index is 0.0157. The topological polar surface area (TPSA) is 41.9 Å². The summed E-state index contributed by atoms with van der Waals surface area (Å²) < 4.78 is 6.51. The van der Waals surface area contributed by atoms with Gasteiger partial charge in [0.1, 0.15) is 0 Å². The van der Waals surface area contributed by atoms with Crippen LogP contribution in [0.3, 0.4) is 0 Å². The van der Waals surface area contributed by atoms with Crippen molar-refractivity contribution in [2.45, 2.75) is 105 Å². The Hall–Kier alpha value is -0.853. The van der Waals surface area contributed by atoms with E-state index in [0.29, 0.717) is 6.61 Å². The zero-order chi connectivity index (χ0) is 25.1. The highest BCUT2D eigenvalue weighted by molar-refractivity contribution is 8.00. The molecular weight excluding hydrogens is 432 g/mol. The molecule has 0 spiro atoms. The number of amides is 1. The highest BCUT2D eigenvalue weighted by atomic mass is 32.2.